The summed E-state index contributed by atoms with van der Waals surface area (Å²) in [6, 6.07) is 9.87. The van der Waals surface area contributed by atoms with E-state index in [1.165, 1.54) is 13.2 Å². The number of carbonyl (C=O) groups excluding carboxylic acids is 3. The minimum absolute atomic E-state index is 0.0109. The third kappa shape index (κ3) is 4.43. The van der Waals surface area contributed by atoms with Gasteiger partial charge in [-0.3, -0.25) is 19.3 Å². The van der Waals surface area contributed by atoms with Gasteiger partial charge < -0.3 is 14.6 Å². The minimum atomic E-state index is -0.321. The molecule has 1 atom stereocenters. The molecule has 0 aliphatic carbocycles. The van der Waals surface area contributed by atoms with Gasteiger partial charge in [0.1, 0.15) is 0 Å². The highest BCUT2D eigenvalue weighted by atomic mass is 16.3. The maximum atomic E-state index is 12.5. The topological polar surface area (TPSA) is 82.9 Å². The first-order valence-corrected chi connectivity index (χ1v) is 8.94. The van der Waals surface area contributed by atoms with Crippen molar-refractivity contribution >= 4 is 23.3 Å². The number of ketones is 1. The molecule has 1 aliphatic heterocycles. The molecule has 1 fully saturated rings. The minimum Gasteiger partial charge on any atom is -0.459 e. The van der Waals surface area contributed by atoms with Gasteiger partial charge >= 0.3 is 0 Å². The molecule has 7 nitrogen and oxygen atoms in total. The summed E-state index contributed by atoms with van der Waals surface area (Å²) in [4.78, 5) is 39.9. The molecular formula is C20H23N3O4. The number of hydrogen-bond donors (Lipinski definition) is 1. The fourth-order valence-electron chi connectivity index (χ4n) is 3.07. The standard InChI is InChI=1S/C20H23N3O4/c1-14(19(25)21-17-7-5-16(6-8-17)15(2)24)22-9-11-23(12-10-22)20(26)18-4-3-13-27-18/h3-8,13-14H,9-12H2,1-2H3,(H,21,25)/t14-/m0/s1. The number of piperazine rings is 1. The van der Waals surface area contributed by atoms with Gasteiger partial charge in [0.05, 0.1) is 12.3 Å². The second kappa shape index (κ2) is 8.18. The molecule has 142 valence electrons. The number of anilines is 1. The van der Waals surface area contributed by atoms with Gasteiger partial charge in [0, 0.05) is 37.4 Å². The Morgan fingerprint density at radius 1 is 1.04 bits per heavy atom. The average Bonchev–Trinajstić information content (AvgIpc) is 3.22. The molecule has 0 saturated carbocycles. The summed E-state index contributed by atoms with van der Waals surface area (Å²) in [7, 11) is 0. The van der Waals surface area contributed by atoms with Crippen LogP contribution in [0.4, 0.5) is 5.69 Å². The molecule has 3 rings (SSSR count). The molecule has 0 radical (unpaired) electrons. The third-order valence-corrected chi connectivity index (χ3v) is 4.82. The predicted octanol–water partition coefficient (Wildman–Crippen LogP) is 2.27. The maximum absolute atomic E-state index is 12.5. The van der Waals surface area contributed by atoms with Gasteiger partial charge in [0.25, 0.3) is 5.91 Å². The summed E-state index contributed by atoms with van der Waals surface area (Å²) in [6.45, 7) is 5.68. The molecular weight excluding hydrogens is 346 g/mol. The van der Waals surface area contributed by atoms with Crippen molar-refractivity contribution in [1.29, 1.82) is 0 Å². The van der Waals surface area contributed by atoms with Crippen LogP contribution in [0.3, 0.4) is 0 Å². The lowest BCUT2D eigenvalue weighted by Crippen LogP contribution is -2.54. The number of furan rings is 1. The van der Waals surface area contributed by atoms with Crippen molar-refractivity contribution in [1.82, 2.24) is 9.80 Å². The van der Waals surface area contributed by atoms with E-state index in [2.05, 4.69) is 5.32 Å². The van der Waals surface area contributed by atoms with Gasteiger partial charge in [0.15, 0.2) is 11.5 Å². The van der Waals surface area contributed by atoms with Crippen LogP contribution in [0.1, 0.15) is 34.8 Å². The molecule has 1 N–H and O–H groups in total. The van der Waals surface area contributed by atoms with E-state index >= 15 is 0 Å². The van der Waals surface area contributed by atoms with Crippen molar-refractivity contribution in [2.75, 3.05) is 31.5 Å². The van der Waals surface area contributed by atoms with Gasteiger partial charge in [-0.25, -0.2) is 0 Å². The van der Waals surface area contributed by atoms with Crippen LogP contribution in [0, 0.1) is 0 Å². The molecule has 2 heterocycles. The van der Waals surface area contributed by atoms with E-state index in [0.717, 1.165) is 0 Å². The van der Waals surface area contributed by atoms with E-state index in [1.807, 2.05) is 11.8 Å². The van der Waals surface area contributed by atoms with Gasteiger partial charge in [-0.1, -0.05) is 0 Å². The van der Waals surface area contributed by atoms with Crippen LogP contribution in [0.5, 0.6) is 0 Å². The lowest BCUT2D eigenvalue weighted by atomic mass is 10.1. The molecule has 2 aromatic rings. The molecule has 7 heteroatoms. The zero-order valence-corrected chi connectivity index (χ0v) is 15.5. The lowest BCUT2D eigenvalue weighted by Gasteiger charge is -2.37. The summed E-state index contributed by atoms with van der Waals surface area (Å²) < 4.78 is 5.16. The van der Waals surface area contributed by atoms with Crippen LogP contribution >= 0.6 is 0 Å². The molecule has 0 bridgehead atoms. The predicted molar refractivity (Wildman–Crippen MR) is 101 cm³/mol. The maximum Gasteiger partial charge on any atom is 0.289 e. The van der Waals surface area contributed by atoms with Crippen molar-refractivity contribution in [2.24, 2.45) is 0 Å². The number of carbonyl (C=O) groups is 3. The Bertz CT molecular complexity index is 806. The van der Waals surface area contributed by atoms with E-state index in [1.54, 1.807) is 41.3 Å². The zero-order chi connectivity index (χ0) is 19.4. The summed E-state index contributed by atoms with van der Waals surface area (Å²) in [5, 5.41) is 2.87. The van der Waals surface area contributed by atoms with Gasteiger partial charge in [0.2, 0.25) is 5.91 Å². The molecule has 1 aromatic carbocycles. The number of hydrogen-bond acceptors (Lipinski definition) is 5. The normalized spacial score (nSPS) is 16.0. The van der Waals surface area contributed by atoms with Gasteiger partial charge in [-0.05, 0) is 50.2 Å². The highest BCUT2D eigenvalue weighted by Crippen LogP contribution is 2.14. The first kappa shape index (κ1) is 18.8. The molecule has 1 aromatic heterocycles. The molecule has 1 aliphatic rings. The summed E-state index contributed by atoms with van der Waals surface area (Å²) in [6.07, 6.45) is 1.48. The SMILES string of the molecule is CC(=O)c1ccc(NC(=O)[C@H](C)N2CCN(C(=O)c3ccco3)CC2)cc1. The van der Waals surface area contributed by atoms with Crippen LogP contribution in [-0.2, 0) is 4.79 Å². The van der Waals surface area contributed by atoms with E-state index < -0.39 is 0 Å². The number of nitrogens with zero attached hydrogens (tertiary/aromatic N) is 2. The first-order valence-electron chi connectivity index (χ1n) is 8.94. The van der Waals surface area contributed by atoms with Gasteiger partial charge in [-0.15, -0.1) is 0 Å². The van der Waals surface area contributed by atoms with Crippen LogP contribution < -0.4 is 5.32 Å². The number of amides is 2. The molecule has 27 heavy (non-hydrogen) atoms. The zero-order valence-electron chi connectivity index (χ0n) is 15.5. The van der Waals surface area contributed by atoms with Crippen molar-refractivity contribution in [3.8, 4) is 0 Å². The van der Waals surface area contributed by atoms with Crippen molar-refractivity contribution in [2.45, 2.75) is 19.9 Å². The quantitative estimate of drug-likeness (QED) is 0.818. The Labute approximate surface area is 157 Å². The smallest absolute Gasteiger partial charge is 0.289 e. The number of nitrogens with one attached hydrogen (secondary N) is 1. The van der Waals surface area contributed by atoms with Crippen LogP contribution in [-0.4, -0.2) is 59.6 Å². The monoisotopic (exact) mass is 369 g/mol. The Hall–Kier alpha value is -2.93. The average molecular weight is 369 g/mol. The third-order valence-electron chi connectivity index (χ3n) is 4.82. The highest BCUT2D eigenvalue weighted by Gasteiger charge is 2.28. The summed E-state index contributed by atoms with van der Waals surface area (Å²) in [5.74, 6) is 0.0881. The Morgan fingerprint density at radius 2 is 1.70 bits per heavy atom. The number of Topliss-reactive ketones (excluding diaryl/α,β-unsaturated/α-hetero) is 1. The lowest BCUT2D eigenvalue weighted by molar-refractivity contribution is -0.121. The fraction of sp³-hybridized carbons (Fsp3) is 0.350. The number of benzene rings is 1. The largest absolute Gasteiger partial charge is 0.459 e. The molecule has 2 amide bonds. The fourth-order valence-corrected chi connectivity index (χ4v) is 3.07. The van der Waals surface area contributed by atoms with E-state index in [-0.39, 0.29) is 23.6 Å². The van der Waals surface area contributed by atoms with Crippen LogP contribution in [0.15, 0.2) is 47.1 Å². The van der Waals surface area contributed by atoms with E-state index in [0.29, 0.717) is 43.2 Å². The van der Waals surface area contributed by atoms with E-state index in [9.17, 15) is 14.4 Å². The second-order valence-corrected chi connectivity index (χ2v) is 6.60. The molecule has 0 spiro atoms. The highest BCUT2D eigenvalue weighted by molar-refractivity contribution is 5.97. The van der Waals surface area contributed by atoms with E-state index in [4.69, 9.17) is 4.42 Å². The van der Waals surface area contributed by atoms with Crippen molar-refractivity contribution < 1.29 is 18.8 Å². The summed E-state index contributed by atoms with van der Waals surface area (Å²) >= 11 is 0. The van der Waals surface area contributed by atoms with Crippen molar-refractivity contribution in [3.05, 3.63) is 54.0 Å². The summed E-state index contributed by atoms with van der Waals surface area (Å²) in [5.41, 5.74) is 1.27. The Morgan fingerprint density at radius 3 is 2.26 bits per heavy atom. The first-order chi connectivity index (χ1) is 13.0. The molecule has 0 unspecified atom stereocenters. The van der Waals surface area contributed by atoms with Gasteiger partial charge in [-0.2, -0.15) is 0 Å². The molecule has 1 saturated heterocycles. The Balaban J connectivity index is 1.52. The Kier molecular flexibility index (Phi) is 5.71. The van der Waals surface area contributed by atoms with Crippen molar-refractivity contribution in [3.63, 3.8) is 0 Å². The van der Waals surface area contributed by atoms with Crippen LogP contribution in [0.2, 0.25) is 0 Å². The van der Waals surface area contributed by atoms with Crippen LogP contribution in [0.25, 0.3) is 0 Å². The second-order valence-electron chi connectivity index (χ2n) is 6.60. The number of rotatable bonds is 5.